The molecule has 0 bridgehead atoms. The number of aryl methyl sites for hydroxylation is 1. The van der Waals surface area contributed by atoms with Crippen LogP contribution in [0.2, 0.25) is 0 Å². The summed E-state index contributed by atoms with van der Waals surface area (Å²) in [7, 11) is 0. The fraction of sp³-hybridized carbons (Fsp3) is 0.526. The van der Waals surface area contributed by atoms with Crippen LogP contribution in [0.1, 0.15) is 51.7 Å². The largest absolute Gasteiger partial charge is 0.444 e. The second-order valence-corrected chi connectivity index (χ2v) is 7.27. The number of rotatable bonds is 5. The summed E-state index contributed by atoms with van der Waals surface area (Å²) in [6.07, 6.45) is 1.36. The van der Waals surface area contributed by atoms with Crippen LogP contribution in [0.4, 0.5) is 4.79 Å². The second-order valence-electron chi connectivity index (χ2n) is 7.27. The van der Waals surface area contributed by atoms with Gasteiger partial charge in [0.2, 0.25) is 0 Å². The van der Waals surface area contributed by atoms with Crippen LogP contribution in [0.3, 0.4) is 0 Å². The maximum Gasteiger partial charge on any atom is 0.410 e. The molecule has 0 spiro atoms. The van der Waals surface area contributed by atoms with Crippen LogP contribution < -0.4 is 0 Å². The first-order chi connectivity index (χ1) is 11.2. The molecule has 0 unspecified atom stereocenters. The van der Waals surface area contributed by atoms with Crippen molar-refractivity contribution in [2.75, 3.05) is 6.54 Å². The summed E-state index contributed by atoms with van der Waals surface area (Å²) in [5.41, 5.74) is 1.94. The lowest BCUT2D eigenvalue weighted by Crippen LogP contribution is -2.56. The molecule has 1 atom stereocenters. The smallest absolute Gasteiger partial charge is 0.410 e. The van der Waals surface area contributed by atoms with Gasteiger partial charge in [0.25, 0.3) is 0 Å². The molecule has 1 N–H and O–H groups in total. The third-order valence-electron chi connectivity index (χ3n) is 4.07. The van der Waals surface area contributed by atoms with Crippen LogP contribution in [0.5, 0.6) is 0 Å². The molecule has 1 saturated heterocycles. The SMILES string of the molecule is CC(=N)c1ccc(CCC(=O)[C@@H]2CCN2C(=O)OC(C)(C)C)cc1. The Morgan fingerprint density at radius 1 is 1.25 bits per heavy atom. The Kier molecular flexibility index (Phi) is 5.42. The minimum absolute atomic E-state index is 0.0828. The van der Waals surface area contributed by atoms with Crippen molar-refractivity contribution in [3.8, 4) is 0 Å². The average Bonchev–Trinajstić information content (AvgIpc) is 2.42. The van der Waals surface area contributed by atoms with Crippen molar-refractivity contribution in [1.29, 1.82) is 5.41 Å². The minimum Gasteiger partial charge on any atom is -0.444 e. The van der Waals surface area contributed by atoms with Gasteiger partial charge in [-0.3, -0.25) is 9.69 Å². The summed E-state index contributed by atoms with van der Waals surface area (Å²) < 4.78 is 5.34. The molecular weight excluding hydrogens is 304 g/mol. The number of Topliss-reactive ketones (excluding diaryl/α,β-unsaturated/α-hetero) is 1. The molecule has 1 fully saturated rings. The van der Waals surface area contributed by atoms with E-state index in [0.29, 0.717) is 31.5 Å². The van der Waals surface area contributed by atoms with Gasteiger partial charge in [0.15, 0.2) is 5.78 Å². The van der Waals surface area contributed by atoms with E-state index in [1.807, 2.05) is 45.0 Å². The van der Waals surface area contributed by atoms with Crippen molar-refractivity contribution in [2.24, 2.45) is 0 Å². The Morgan fingerprint density at radius 3 is 2.33 bits per heavy atom. The zero-order valence-corrected chi connectivity index (χ0v) is 14.9. The van der Waals surface area contributed by atoms with Crippen LogP contribution in [-0.4, -0.2) is 40.7 Å². The Balaban J connectivity index is 1.86. The van der Waals surface area contributed by atoms with Crippen LogP contribution in [0.15, 0.2) is 24.3 Å². The molecule has 1 aromatic rings. The highest BCUT2D eigenvalue weighted by atomic mass is 16.6. The Morgan fingerprint density at radius 2 is 1.88 bits per heavy atom. The molecule has 24 heavy (non-hydrogen) atoms. The number of carbonyl (C=O) groups is 2. The average molecular weight is 330 g/mol. The van der Waals surface area contributed by atoms with E-state index in [-0.39, 0.29) is 11.8 Å². The molecule has 130 valence electrons. The number of nitrogens with one attached hydrogen (secondary N) is 1. The van der Waals surface area contributed by atoms with E-state index >= 15 is 0 Å². The molecule has 1 amide bonds. The lowest BCUT2D eigenvalue weighted by atomic mass is 9.94. The third-order valence-corrected chi connectivity index (χ3v) is 4.07. The quantitative estimate of drug-likeness (QED) is 0.839. The Labute approximate surface area is 143 Å². The van der Waals surface area contributed by atoms with Gasteiger partial charge in [-0.25, -0.2) is 4.79 Å². The summed E-state index contributed by atoms with van der Waals surface area (Å²) >= 11 is 0. The van der Waals surface area contributed by atoms with E-state index in [1.165, 1.54) is 4.90 Å². The van der Waals surface area contributed by atoms with Gasteiger partial charge in [-0.05, 0) is 51.7 Å². The fourth-order valence-electron chi connectivity index (χ4n) is 2.62. The lowest BCUT2D eigenvalue weighted by Gasteiger charge is -2.40. The molecule has 0 aromatic heterocycles. The predicted octanol–water partition coefficient (Wildman–Crippen LogP) is 3.59. The summed E-state index contributed by atoms with van der Waals surface area (Å²) in [6.45, 7) is 7.79. The van der Waals surface area contributed by atoms with Gasteiger partial charge in [-0.2, -0.15) is 0 Å². The molecule has 5 heteroatoms. The number of nitrogens with zero attached hydrogens (tertiary/aromatic N) is 1. The maximum atomic E-state index is 12.4. The number of carbonyl (C=O) groups excluding carboxylic acids is 2. The number of hydrogen-bond donors (Lipinski definition) is 1. The first kappa shape index (κ1) is 18.2. The number of amides is 1. The summed E-state index contributed by atoms with van der Waals surface area (Å²) in [5, 5.41) is 7.59. The molecule has 1 aliphatic heterocycles. The molecule has 0 aliphatic carbocycles. The van der Waals surface area contributed by atoms with Gasteiger partial charge >= 0.3 is 6.09 Å². The number of benzene rings is 1. The topological polar surface area (TPSA) is 70.5 Å². The Bertz CT molecular complexity index is 629. The van der Waals surface area contributed by atoms with Crippen LogP contribution in [0.25, 0.3) is 0 Å². The molecule has 0 radical (unpaired) electrons. The van der Waals surface area contributed by atoms with Gasteiger partial charge in [0, 0.05) is 18.7 Å². The van der Waals surface area contributed by atoms with Crippen LogP contribution in [-0.2, 0) is 16.0 Å². The molecule has 1 heterocycles. The summed E-state index contributed by atoms with van der Waals surface area (Å²) in [5.74, 6) is 0.0828. The van der Waals surface area contributed by atoms with E-state index in [0.717, 1.165) is 11.1 Å². The molecule has 5 nitrogen and oxygen atoms in total. The van der Waals surface area contributed by atoms with Gasteiger partial charge in [0.05, 0.1) is 6.04 Å². The second kappa shape index (κ2) is 7.16. The van der Waals surface area contributed by atoms with Crippen molar-refractivity contribution >= 4 is 17.6 Å². The number of hydrogen-bond acceptors (Lipinski definition) is 4. The van der Waals surface area contributed by atoms with Crippen molar-refractivity contribution in [3.05, 3.63) is 35.4 Å². The summed E-state index contributed by atoms with van der Waals surface area (Å²) in [6, 6.07) is 7.36. The fourth-order valence-corrected chi connectivity index (χ4v) is 2.62. The number of ether oxygens (including phenoxy) is 1. The molecule has 0 saturated carbocycles. The third kappa shape index (κ3) is 4.66. The highest BCUT2D eigenvalue weighted by Crippen LogP contribution is 2.23. The monoisotopic (exact) mass is 330 g/mol. The van der Waals surface area contributed by atoms with Crippen LogP contribution in [0, 0.1) is 5.41 Å². The summed E-state index contributed by atoms with van der Waals surface area (Å²) in [4.78, 5) is 26.0. The lowest BCUT2D eigenvalue weighted by molar-refractivity contribution is -0.128. The first-order valence-corrected chi connectivity index (χ1v) is 8.34. The number of ketones is 1. The standard InChI is InChI=1S/C19H26N2O3/c1-13(20)15-8-5-14(6-9-15)7-10-17(22)16-11-12-21(16)18(23)24-19(2,3)4/h5-6,8-9,16,20H,7,10-12H2,1-4H3/t16-/m0/s1. The van der Waals surface area contributed by atoms with Gasteiger partial charge in [0.1, 0.15) is 5.60 Å². The highest BCUT2D eigenvalue weighted by molar-refractivity contribution is 5.96. The van der Waals surface area contributed by atoms with Crippen molar-refractivity contribution in [1.82, 2.24) is 4.90 Å². The molecular formula is C19H26N2O3. The Hall–Kier alpha value is -2.17. The molecule has 1 aromatic carbocycles. The first-order valence-electron chi connectivity index (χ1n) is 8.34. The number of likely N-dealkylation sites (tertiary alicyclic amines) is 1. The van der Waals surface area contributed by atoms with E-state index < -0.39 is 11.7 Å². The highest BCUT2D eigenvalue weighted by Gasteiger charge is 2.39. The van der Waals surface area contributed by atoms with Gasteiger partial charge in [-0.1, -0.05) is 24.3 Å². The van der Waals surface area contributed by atoms with Gasteiger partial charge in [-0.15, -0.1) is 0 Å². The van der Waals surface area contributed by atoms with Crippen LogP contribution >= 0.6 is 0 Å². The van der Waals surface area contributed by atoms with Crippen molar-refractivity contribution < 1.29 is 14.3 Å². The zero-order chi connectivity index (χ0) is 17.9. The van der Waals surface area contributed by atoms with E-state index in [1.54, 1.807) is 6.92 Å². The van der Waals surface area contributed by atoms with Crippen molar-refractivity contribution in [3.63, 3.8) is 0 Å². The predicted molar refractivity (Wildman–Crippen MR) is 93.6 cm³/mol. The van der Waals surface area contributed by atoms with Crippen molar-refractivity contribution in [2.45, 2.75) is 58.6 Å². The molecule has 2 rings (SSSR count). The normalized spacial score (nSPS) is 17.2. The van der Waals surface area contributed by atoms with Gasteiger partial charge < -0.3 is 10.1 Å². The van der Waals surface area contributed by atoms with E-state index in [9.17, 15) is 9.59 Å². The zero-order valence-electron chi connectivity index (χ0n) is 14.9. The molecule has 1 aliphatic rings. The van der Waals surface area contributed by atoms with E-state index in [2.05, 4.69) is 0 Å². The maximum absolute atomic E-state index is 12.4. The van der Waals surface area contributed by atoms with E-state index in [4.69, 9.17) is 10.1 Å². The minimum atomic E-state index is -0.547.